The Balaban J connectivity index is 1.52. The highest BCUT2D eigenvalue weighted by molar-refractivity contribution is 5.92. The summed E-state index contributed by atoms with van der Waals surface area (Å²) in [6.07, 6.45) is 10.1. The number of carbonyl (C=O) groups excluding carboxylic acids is 1. The van der Waals surface area contributed by atoms with Gasteiger partial charge in [0.1, 0.15) is 11.4 Å². The zero-order valence-electron chi connectivity index (χ0n) is 14.3. The SMILES string of the molecule is O=C(N[C@]12CCC[C@](C#Cc3cccc(F)n3)(CC1)C2)c1cnccn1. The van der Waals surface area contributed by atoms with Gasteiger partial charge in [0.25, 0.3) is 5.91 Å². The minimum Gasteiger partial charge on any atom is -0.345 e. The Kier molecular flexibility index (Phi) is 4.15. The molecule has 2 aliphatic rings. The first-order valence-electron chi connectivity index (χ1n) is 8.83. The van der Waals surface area contributed by atoms with Gasteiger partial charge in [0.2, 0.25) is 5.95 Å². The highest BCUT2D eigenvalue weighted by Crippen LogP contribution is 2.53. The van der Waals surface area contributed by atoms with Crippen LogP contribution in [0.1, 0.15) is 54.7 Å². The van der Waals surface area contributed by atoms with Crippen molar-refractivity contribution >= 4 is 5.91 Å². The van der Waals surface area contributed by atoms with Crippen molar-refractivity contribution in [1.29, 1.82) is 0 Å². The lowest BCUT2D eigenvalue weighted by Gasteiger charge is -2.37. The summed E-state index contributed by atoms with van der Waals surface area (Å²) in [7, 11) is 0. The maximum atomic E-state index is 13.2. The monoisotopic (exact) mass is 350 g/mol. The van der Waals surface area contributed by atoms with Crippen LogP contribution in [-0.4, -0.2) is 26.4 Å². The first kappa shape index (κ1) is 16.6. The van der Waals surface area contributed by atoms with E-state index in [1.807, 2.05) is 0 Å². The zero-order valence-corrected chi connectivity index (χ0v) is 14.3. The van der Waals surface area contributed by atoms with E-state index in [2.05, 4.69) is 32.1 Å². The van der Waals surface area contributed by atoms with E-state index < -0.39 is 5.95 Å². The minimum absolute atomic E-state index is 0.137. The number of halogens is 1. The van der Waals surface area contributed by atoms with Gasteiger partial charge in [-0.15, -0.1) is 0 Å². The molecule has 0 spiro atoms. The fourth-order valence-electron chi connectivity index (χ4n) is 4.23. The predicted octanol–water partition coefficient (Wildman–Crippen LogP) is 2.89. The Morgan fingerprint density at radius 2 is 2.12 bits per heavy atom. The van der Waals surface area contributed by atoms with Crippen LogP contribution in [0.15, 0.2) is 36.8 Å². The molecule has 1 N–H and O–H groups in total. The van der Waals surface area contributed by atoms with Crippen LogP contribution in [0.25, 0.3) is 0 Å². The van der Waals surface area contributed by atoms with E-state index in [-0.39, 0.29) is 16.9 Å². The third-order valence-electron chi connectivity index (χ3n) is 5.41. The van der Waals surface area contributed by atoms with Crippen LogP contribution >= 0.6 is 0 Å². The largest absolute Gasteiger partial charge is 0.345 e. The number of amides is 1. The van der Waals surface area contributed by atoms with Gasteiger partial charge in [-0.05, 0) is 56.6 Å². The van der Waals surface area contributed by atoms with Crippen LogP contribution in [0, 0.1) is 23.2 Å². The Morgan fingerprint density at radius 1 is 1.19 bits per heavy atom. The molecule has 2 aromatic heterocycles. The highest BCUT2D eigenvalue weighted by atomic mass is 19.1. The van der Waals surface area contributed by atoms with Gasteiger partial charge < -0.3 is 5.32 Å². The molecule has 0 aromatic carbocycles. The number of carbonyl (C=O) groups is 1. The molecule has 26 heavy (non-hydrogen) atoms. The van der Waals surface area contributed by atoms with Crippen LogP contribution in [0.4, 0.5) is 4.39 Å². The first-order valence-corrected chi connectivity index (χ1v) is 8.83. The highest BCUT2D eigenvalue weighted by Gasteiger charge is 2.51. The standard InChI is InChI=1S/C20H19FN4O/c21-17-4-1-3-15(24-17)5-8-19-6-2-7-20(14-19,10-9-19)25-18(26)16-13-22-11-12-23-16/h1,3-4,11-13H,2,6-7,9-10,14H2,(H,25,26)/t19-,20+/m0/s1. The lowest BCUT2D eigenvalue weighted by molar-refractivity contribution is 0.0866. The van der Waals surface area contributed by atoms with Crippen molar-refractivity contribution in [2.75, 3.05) is 0 Å². The van der Waals surface area contributed by atoms with Crippen molar-refractivity contribution in [2.24, 2.45) is 5.41 Å². The molecule has 4 rings (SSSR count). The summed E-state index contributed by atoms with van der Waals surface area (Å²) in [6, 6.07) is 4.64. The van der Waals surface area contributed by atoms with Crippen LogP contribution in [0.3, 0.4) is 0 Å². The maximum absolute atomic E-state index is 13.2. The van der Waals surface area contributed by atoms with Crippen LogP contribution in [0.2, 0.25) is 0 Å². The molecule has 2 atom stereocenters. The van der Waals surface area contributed by atoms with Gasteiger partial charge >= 0.3 is 0 Å². The third-order valence-corrected chi connectivity index (χ3v) is 5.41. The molecule has 5 nitrogen and oxygen atoms in total. The molecule has 1 amide bonds. The van der Waals surface area contributed by atoms with Crippen molar-refractivity contribution in [2.45, 2.75) is 44.1 Å². The molecule has 0 aliphatic heterocycles. The fourth-order valence-corrected chi connectivity index (χ4v) is 4.23. The molecule has 2 aromatic rings. The smallest absolute Gasteiger partial charge is 0.271 e. The van der Waals surface area contributed by atoms with Gasteiger partial charge in [-0.1, -0.05) is 12.0 Å². The van der Waals surface area contributed by atoms with Crippen molar-refractivity contribution in [3.05, 3.63) is 54.1 Å². The summed E-state index contributed by atoms with van der Waals surface area (Å²) in [5.41, 5.74) is 0.407. The molecule has 0 unspecified atom stereocenters. The number of nitrogens with one attached hydrogen (secondary N) is 1. The van der Waals surface area contributed by atoms with Crippen molar-refractivity contribution in [3.8, 4) is 11.8 Å². The van der Waals surface area contributed by atoms with Gasteiger partial charge in [0, 0.05) is 23.3 Å². The number of rotatable bonds is 2. The number of fused-ring (bicyclic) bond motifs is 2. The van der Waals surface area contributed by atoms with Crippen molar-refractivity contribution < 1.29 is 9.18 Å². The summed E-state index contributed by atoms with van der Waals surface area (Å²) in [6.45, 7) is 0. The summed E-state index contributed by atoms with van der Waals surface area (Å²) < 4.78 is 13.2. The van der Waals surface area contributed by atoms with E-state index in [1.165, 1.54) is 18.5 Å². The Morgan fingerprint density at radius 3 is 2.92 bits per heavy atom. The molecule has 2 heterocycles. The van der Waals surface area contributed by atoms with E-state index in [0.29, 0.717) is 11.4 Å². The van der Waals surface area contributed by atoms with E-state index >= 15 is 0 Å². The second kappa shape index (κ2) is 6.49. The normalized spacial score (nSPS) is 26.7. The van der Waals surface area contributed by atoms with Crippen LogP contribution in [-0.2, 0) is 0 Å². The Bertz CT molecular complexity index is 891. The van der Waals surface area contributed by atoms with Crippen molar-refractivity contribution in [1.82, 2.24) is 20.3 Å². The first-order chi connectivity index (χ1) is 12.6. The molecule has 132 valence electrons. The Hall–Kier alpha value is -2.81. The molecule has 2 saturated carbocycles. The lowest BCUT2D eigenvalue weighted by atomic mass is 9.73. The molecule has 0 saturated heterocycles. The van der Waals surface area contributed by atoms with Crippen LogP contribution in [0.5, 0.6) is 0 Å². The van der Waals surface area contributed by atoms with Crippen LogP contribution < -0.4 is 5.32 Å². The van der Waals surface area contributed by atoms with Gasteiger partial charge in [-0.2, -0.15) is 4.39 Å². The molecule has 2 bridgehead atoms. The third kappa shape index (κ3) is 3.30. The number of hydrogen-bond donors (Lipinski definition) is 1. The minimum atomic E-state index is -0.519. The second-order valence-corrected chi connectivity index (χ2v) is 7.23. The quantitative estimate of drug-likeness (QED) is 0.668. The summed E-state index contributed by atoms with van der Waals surface area (Å²) in [5.74, 6) is 5.69. The average molecular weight is 350 g/mol. The van der Waals surface area contributed by atoms with Crippen molar-refractivity contribution in [3.63, 3.8) is 0 Å². The second-order valence-electron chi connectivity index (χ2n) is 7.23. The lowest BCUT2D eigenvalue weighted by Crippen LogP contribution is -2.49. The molecular weight excluding hydrogens is 331 g/mol. The number of nitrogens with zero attached hydrogens (tertiary/aromatic N) is 3. The Labute approximate surface area is 151 Å². The fraction of sp³-hybridized carbons (Fsp3) is 0.400. The summed E-state index contributed by atoms with van der Waals surface area (Å²) in [4.78, 5) is 24.4. The maximum Gasteiger partial charge on any atom is 0.271 e. The molecule has 0 radical (unpaired) electrons. The summed E-state index contributed by atoms with van der Waals surface area (Å²) >= 11 is 0. The molecule has 6 heteroatoms. The average Bonchev–Trinajstić information content (AvgIpc) is 2.91. The van der Waals surface area contributed by atoms with E-state index in [4.69, 9.17) is 0 Å². The van der Waals surface area contributed by atoms with Gasteiger partial charge in [0.15, 0.2) is 0 Å². The van der Waals surface area contributed by atoms with Gasteiger partial charge in [-0.3, -0.25) is 9.78 Å². The van der Waals surface area contributed by atoms with E-state index in [9.17, 15) is 9.18 Å². The topological polar surface area (TPSA) is 67.8 Å². The van der Waals surface area contributed by atoms with Gasteiger partial charge in [-0.25, -0.2) is 9.97 Å². The number of aromatic nitrogens is 3. The molecule has 2 fully saturated rings. The van der Waals surface area contributed by atoms with E-state index in [1.54, 1.807) is 18.3 Å². The molecular formula is C20H19FN4O. The van der Waals surface area contributed by atoms with E-state index in [0.717, 1.165) is 38.5 Å². The number of pyridine rings is 1. The zero-order chi connectivity index (χ0) is 18.0. The van der Waals surface area contributed by atoms with Gasteiger partial charge in [0.05, 0.1) is 6.20 Å². The summed E-state index contributed by atoms with van der Waals surface area (Å²) in [5, 5.41) is 3.19. The number of hydrogen-bond acceptors (Lipinski definition) is 4. The molecule has 2 aliphatic carbocycles. The predicted molar refractivity (Wildman–Crippen MR) is 93.4 cm³/mol.